The fourth-order valence-electron chi connectivity index (χ4n) is 3.67. The van der Waals surface area contributed by atoms with Crippen LogP contribution in [0.15, 0.2) is 24.3 Å². The second-order valence-electron chi connectivity index (χ2n) is 7.30. The van der Waals surface area contributed by atoms with Gasteiger partial charge in [0.2, 0.25) is 11.8 Å². The number of aliphatic carboxylic acids is 1. The van der Waals surface area contributed by atoms with Crippen molar-refractivity contribution in [1.82, 2.24) is 10.2 Å². The lowest BCUT2D eigenvalue weighted by molar-refractivity contribution is -0.148. The van der Waals surface area contributed by atoms with Gasteiger partial charge < -0.3 is 15.3 Å². The number of hydrogen-bond donors (Lipinski definition) is 2. The Morgan fingerprint density at radius 2 is 2.07 bits per heavy atom. The fraction of sp³-hybridized carbons (Fsp3) is 0.526. The third-order valence-electron chi connectivity index (χ3n) is 5.05. The van der Waals surface area contributed by atoms with E-state index in [1.165, 1.54) is 17.8 Å². The van der Waals surface area contributed by atoms with Crippen LogP contribution in [-0.2, 0) is 20.8 Å². The zero-order valence-electron chi connectivity index (χ0n) is 15.1. The van der Waals surface area contributed by atoms with E-state index in [-0.39, 0.29) is 36.5 Å². The average Bonchev–Trinajstić information content (AvgIpc) is 2.64. The quantitative estimate of drug-likeness (QED) is 0.809. The van der Waals surface area contributed by atoms with E-state index in [0.29, 0.717) is 24.3 Å². The molecule has 4 unspecified atom stereocenters. The normalized spacial score (nSPS) is 28.5. The van der Waals surface area contributed by atoms with Crippen molar-refractivity contribution in [3.8, 4) is 0 Å². The van der Waals surface area contributed by atoms with Crippen LogP contribution in [0.25, 0.3) is 0 Å². The molecule has 2 amide bonds. The zero-order valence-corrected chi connectivity index (χ0v) is 15.9. The van der Waals surface area contributed by atoms with E-state index in [0.717, 1.165) is 0 Å². The summed E-state index contributed by atoms with van der Waals surface area (Å²) in [5.41, 5.74) is 0.476. The summed E-state index contributed by atoms with van der Waals surface area (Å²) < 4.78 is 13.8. The number of amides is 2. The zero-order chi connectivity index (χ0) is 19.6. The number of benzene rings is 1. The number of piperidine rings is 1. The highest BCUT2D eigenvalue weighted by Crippen LogP contribution is 2.26. The topological polar surface area (TPSA) is 86.7 Å². The molecule has 2 heterocycles. The monoisotopic (exact) mass is 394 g/mol. The SMILES string of the molecule is CC1CC(C(=O)O)CN(C(=O)C2CSC(Cc3ccccc3F)C(=O)N2)C1. The lowest BCUT2D eigenvalue weighted by Gasteiger charge is -2.38. The number of likely N-dealkylation sites (tertiary alicyclic amines) is 1. The van der Waals surface area contributed by atoms with E-state index in [2.05, 4.69) is 5.32 Å². The molecule has 0 spiro atoms. The third-order valence-corrected chi connectivity index (χ3v) is 6.36. The molecule has 0 radical (unpaired) electrons. The predicted molar refractivity (Wildman–Crippen MR) is 99.8 cm³/mol. The molecule has 0 saturated carbocycles. The number of carbonyl (C=O) groups excluding carboxylic acids is 2. The number of nitrogens with one attached hydrogen (secondary N) is 1. The van der Waals surface area contributed by atoms with E-state index in [9.17, 15) is 23.9 Å². The van der Waals surface area contributed by atoms with E-state index in [4.69, 9.17) is 0 Å². The Kier molecular flexibility index (Phi) is 6.04. The van der Waals surface area contributed by atoms with Crippen LogP contribution in [-0.4, -0.2) is 57.9 Å². The van der Waals surface area contributed by atoms with Gasteiger partial charge in [-0.25, -0.2) is 4.39 Å². The minimum atomic E-state index is -0.897. The van der Waals surface area contributed by atoms with E-state index < -0.39 is 23.2 Å². The molecule has 0 aliphatic carbocycles. The van der Waals surface area contributed by atoms with Gasteiger partial charge in [0.1, 0.15) is 11.9 Å². The summed E-state index contributed by atoms with van der Waals surface area (Å²) in [6.45, 7) is 2.60. The van der Waals surface area contributed by atoms with Gasteiger partial charge in [-0.3, -0.25) is 14.4 Å². The van der Waals surface area contributed by atoms with Crippen molar-refractivity contribution in [2.75, 3.05) is 18.8 Å². The van der Waals surface area contributed by atoms with Crippen LogP contribution in [0.4, 0.5) is 4.39 Å². The average molecular weight is 394 g/mol. The first-order valence-corrected chi connectivity index (χ1v) is 10.1. The molecule has 4 atom stereocenters. The van der Waals surface area contributed by atoms with Crippen molar-refractivity contribution in [3.05, 3.63) is 35.6 Å². The molecular weight excluding hydrogens is 371 g/mol. The Labute approximate surface area is 161 Å². The Morgan fingerprint density at radius 3 is 2.74 bits per heavy atom. The minimum absolute atomic E-state index is 0.101. The van der Waals surface area contributed by atoms with Crippen molar-refractivity contribution >= 4 is 29.5 Å². The van der Waals surface area contributed by atoms with E-state index in [1.807, 2.05) is 6.92 Å². The first-order valence-electron chi connectivity index (χ1n) is 9.02. The highest BCUT2D eigenvalue weighted by atomic mass is 32.2. The standard InChI is InChI=1S/C19H23FN2O4S/c1-11-6-13(19(25)26)9-22(8-11)18(24)15-10-27-16(17(23)21-15)7-12-4-2-3-5-14(12)20/h2-5,11,13,15-16H,6-10H2,1H3,(H,21,23)(H,25,26). The number of carbonyl (C=O) groups is 3. The summed E-state index contributed by atoms with van der Waals surface area (Å²) in [6, 6.07) is 5.68. The maximum absolute atomic E-state index is 13.8. The van der Waals surface area contributed by atoms with Crippen LogP contribution in [0.3, 0.4) is 0 Å². The Hall–Kier alpha value is -2.09. The Balaban J connectivity index is 1.60. The molecule has 2 aliphatic heterocycles. The molecule has 0 bridgehead atoms. The second-order valence-corrected chi connectivity index (χ2v) is 8.53. The smallest absolute Gasteiger partial charge is 0.308 e. The van der Waals surface area contributed by atoms with Crippen LogP contribution in [0.2, 0.25) is 0 Å². The Bertz CT molecular complexity index is 744. The number of halogens is 1. The van der Waals surface area contributed by atoms with Crippen molar-refractivity contribution in [2.45, 2.75) is 31.1 Å². The van der Waals surface area contributed by atoms with Crippen LogP contribution in [0.1, 0.15) is 18.9 Å². The third kappa shape index (κ3) is 4.61. The molecule has 3 rings (SSSR count). The lowest BCUT2D eigenvalue weighted by atomic mass is 9.90. The molecule has 2 aliphatic rings. The largest absolute Gasteiger partial charge is 0.481 e. The minimum Gasteiger partial charge on any atom is -0.481 e. The van der Waals surface area contributed by atoms with Gasteiger partial charge in [0.25, 0.3) is 0 Å². The number of carboxylic acid groups (broad SMARTS) is 1. The molecule has 2 fully saturated rings. The number of thioether (sulfide) groups is 1. The van der Waals surface area contributed by atoms with Gasteiger partial charge in [-0.1, -0.05) is 25.1 Å². The highest BCUT2D eigenvalue weighted by Gasteiger charge is 2.38. The second kappa shape index (κ2) is 8.29. The summed E-state index contributed by atoms with van der Waals surface area (Å²) in [4.78, 5) is 38.1. The molecule has 27 heavy (non-hydrogen) atoms. The molecule has 0 aromatic heterocycles. The summed E-state index contributed by atoms with van der Waals surface area (Å²) in [5, 5.41) is 11.6. The molecule has 1 aromatic carbocycles. The molecule has 2 saturated heterocycles. The molecule has 8 heteroatoms. The summed E-state index contributed by atoms with van der Waals surface area (Å²) in [7, 11) is 0. The van der Waals surface area contributed by atoms with Gasteiger partial charge in [-0.05, 0) is 30.4 Å². The summed E-state index contributed by atoms with van der Waals surface area (Å²) >= 11 is 1.34. The van der Waals surface area contributed by atoms with Gasteiger partial charge in [0.15, 0.2) is 0 Å². The molecule has 2 N–H and O–H groups in total. The number of hydrogen-bond acceptors (Lipinski definition) is 4. The van der Waals surface area contributed by atoms with Crippen LogP contribution >= 0.6 is 11.8 Å². The van der Waals surface area contributed by atoms with Gasteiger partial charge in [0, 0.05) is 18.8 Å². The van der Waals surface area contributed by atoms with Gasteiger partial charge in [0.05, 0.1) is 11.2 Å². The van der Waals surface area contributed by atoms with Crippen LogP contribution in [0, 0.1) is 17.7 Å². The van der Waals surface area contributed by atoms with Crippen molar-refractivity contribution in [3.63, 3.8) is 0 Å². The maximum Gasteiger partial charge on any atom is 0.308 e. The maximum atomic E-state index is 13.8. The molecule has 146 valence electrons. The Morgan fingerprint density at radius 1 is 1.33 bits per heavy atom. The first-order chi connectivity index (χ1) is 12.8. The number of nitrogens with zero attached hydrogens (tertiary/aromatic N) is 1. The number of carboxylic acids is 1. The molecule has 1 aromatic rings. The van der Waals surface area contributed by atoms with Crippen LogP contribution < -0.4 is 5.32 Å². The number of rotatable bonds is 4. The molecular formula is C19H23FN2O4S. The van der Waals surface area contributed by atoms with E-state index in [1.54, 1.807) is 23.1 Å². The highest BCUT2D eigenvalue weighted by molar-refractivity contribution is 8.00. The van der Waals surface area contributed by atoms with Crippen molar-refractivity contribution in [2.24, 2.45) is 11.8 Å². The van der Waals surface area contributed by atoms with Gasteiger partial charge in [-0.2, -0.15) is 0 Å². The fourth-order valence-corrected chi connectivity index (χ4v) is 4.84. The van der Waals surface area contributed by atoms with E-state index >= 15 is 0 Å². The lowest BCUT2D eigenvalue weighted by Crippen LogP contribution is -2.58. The van der Waals surface area contributed by atoms with Crippen molar-refractivity contribution < 1.29 is 23.9 Å². The van der Waals surface area contributed by atoms with Crippen molar-refractivity contribution in [1.29, 1.82) is 0 Å². The molecule has 6 nitrogen and oxygen atoms in total. The van der Waals surface area contributed by atoms with Gasteiger partial charge >= 0.3 is 5.97 Å². The predicted octanol–water partition coefficient (Wildman–Crippen LogP) is 1.54. The van der Waals surface area contributed by atoms with Gasteiger partial charge in [-0.15, -0.1) is 11.8 Å². The first kappa shape index (κ1) is 19.7. The summed E-state index contributed by atoms with van der Waals surface area (Å²) in [5.74, 6) is -1.84. The summed E-state index contributed by atoms with van der Waals surface area (Å²) in [6.07, 6.45) is 0.821. The van der Waals surface area contributed by atoms with Crippen LogP contribution in [0.5, 0.6) is 0 Å².